The number of unbranched alkanes of at least 4 members (excludes halogenated alkanes) is 12. The number of fused-ring (bicyclic) bond motifs is 6. The number of hydrogen-bond donors (Lipinski definition) is 0. The lowest BCUT2D eigenvalue weighted by molar-refractivity contribution is 0.401. The van der Waals surface area contributed by atoms with Crippen molar-refractivity contribution in [2.75, 3.05) is 4.90 Å². The first-order chi connectivity index (χ1) is 44.8. The highest BCUT2D eigenvalue weighted by molar-refractivity contribution is 6.12. The monoisotopic (exact) mass is 1190 g/mol. The van der Waals surface area contributed by atoms with Crippen LogP contribution < -0.4 is 4.90 Å². The zero-order chi connectivity index (χ0) is 62.5. The molecule has 11 aromatic rings. The van der Waals surface area contributed by atoms with E-state index in [0.717, 1.165) is 48.2 Å². The zero-order valence-corrected chi connectivity index (χ0v) is 54.9. The molecule has 1 aliphatic carbocycles. The molecule has 0 saturated carbocycles. The molecule has 12 rings (SSSR count). The first-order valence-corrected chi connectivity index (χ1v) is 34.9. The summed E-state index contributed by atoms with van der Waals surface area (Å²) in [6.45, 7) is 17.3. The Hall–Kier alpha value is -8.72. The molecule has 460 valence electrons. The Labute approximate surface area is 545 Å². The van der Waals surface area contributed by atoms with E-state index in [4.69, 9.17) is 0 Å². The number of hydrogen-bond acceptors (Lipinski definition) is 1. The second-order valence-electron chi connectivity index (χ2n) is 26.1. The molecule has 0 amide bonds. The van der Waals surface area contributed by atoms with Gasteiger partial charge in [0.05, 0.1) is 11.0 Å². The molecule has 2 heteroatoms. The molecule has 1 aromatic heterocycles. The molecule has 1 heterocycles. The van der Waals surface area contributed by atoms with Gasteiger partial charge in [-0.05, 0) is 200 Å². The second kappa shape index (κ2) is 29.5. The Morgan fingerprint density at radius 1 is 0.330 bits per heavy atom. The standard InChI is InChI=1S/C89H94N2/c1-7-13-17-21-25-67-31-39-69(40-32-67)71-43-49-77(50-44-71)90(78-51-45-72(46-52-78)70-41-33-68(34-42-70)26-22-18-14-8-2)79-53-55-81-82-56-54-80(64-86(82)89(85(81)63-79,59-23-19-15-9-3)60-24-20-16-10-4)91-87-57-47-75(73-35-27-65(11-5)28-36-73)61-83(87)84-62-76(48-58-88(84)91)74-37-29-66(12-6)30-38-74/h11-12,27-58,61-64H,5-10,13-26,59-60H2,1-4H3. The Balaban J connectivity index is 0.978. The highest BCUT2D eigenvalue weighted by atomic mass is 15.1. The molecule has 10 aromatic carbocycles. The van der Waals surface area contributed by atoms with Crippen LogP contribution >= 0.6 is 0 Å². The average molecular weight is 1190 g/mol. The first-order valence-electron chi connectivity index (χ1n) is 34.9. The van der Waals surface area contributed by atoms with Crippen LogP contribution in [0.25, 0.3) is 95.3 Å². The highest BCUT2D eigenvalue weighted by Gasteiger charge is 2.43. The minimum absolute atomic E-state index is 0.184. The molecule has 0 bridgehead atoms. The summed E-state index contributed by atoms with van der Waals surface area (Å²) in [6.07, 6.45) is 28.4. The van der Waals surface area contributed by atoms with E-state index >= 15 is 0 Å². The van der Waals surface area contributed by atoms with Crippen LogP contribution in [-0.2, 0) is 18.3 Å². The van der Waals surface area contributed by atoms with Crippen molar-refractivity contribution in [3.8, 4) is 61.3 Å². The van der Waals surface area contributed by atoms with E-state index in [0.29, 0.717) is 0 Å². The fourth-order valence-corrected chi connectivity index (χ4v) is 14.7. The quantitative estimate of drug-likeness (QED) is 0.0408. The van der Waals surface area contributed by atoms with Crippen LogP contribution in [0.5, 0.6) is 0 Å². The summed E-state index contributed by atoms with van der Waals surface area (Å²) in [5.41, 5.74) is 27.6. The van der Waals surface area contributed by atoms with Crippen LogP contribution in [0, 0.1) is 0 Å². The maximum Gasteiger partial charge on any atom is 0.0541 e. The normalized spacial score (nSPS) is 12.4. The average Bonchev–Trinajstić information content (AvgIpc) is 1.59. The first kappa shape index (κ1) is 62.5. The summed E-state index contributed by atoms with van der Waals surface area (Å²) in [5.74, 6) is 0. The van der Waals surface area contributed by atoms with Crippen LogP contribution in [0.2, 0.25) is 0 Å². The van der Waals surface area contributed by atoms with Gasteiger partial charge in [-0.2, -0.15) is 0 Å². The maximum atomic E-state index is 4.03. The maximum absolute atomic E-state index is 4.03. The summed E-state index contributed by atoms with van der Waals surface area (Å²) in [6, 6.07) is 84.3. The lowest BCUT2D eigenvalue weighted by atomic mass is 9.70. The summed E-state index contributed by atoms with van der Waals surface area (Å²) in [4.78, 5) is 2.53. The largest absolute Gasteiger partial charge is 0.310 e. The van der Waals surface area contributed by atoms with E-state index < -0.39 is 0 Å². The fraction of sp³-hybridized carbons (Fsp3) is 0.281. The molecule has 1 aliphatic rings. The van der Waals surface area contributed by atoms with E-state index in [2.05, 4.69) is 269 Å². The zero-order valence-electron chi connectivity index (χ0n) is 54.9. The Kier molecular flexibility index (Phi) is 20.2. The molecule has 0 aliphatic heterocycles. The Morgan fingerprint density at radius 2 is 0.681 bits per heavy atom. The molecular formula is C89H94N2. The van der Waals surface area contributed by atoms with Crippen LogP contribution in [0.4, 0.5) is 17.1 Å². The summed E-state index contributed by atoms with van der Waals surface area (Å²) in [7, 11) is 0. The fourth-order valence-electron chi connectivity index (χ4n) is 14.7. The van der Waals surface area contributed by atoms with Gasteiger partial charge in [-0.25, -0.2) is 0 Å². The van der Waals surface area contributed by atoms with Crippen molar-refractivity contribution in [3.63, 3.8) is 0 Å². The van der Waals surface area contributed by atoms with Gasteiger partial charge in [-0.1, -0.05) is 288 Å². The number of aryl methyl sites for hydroxylation is 2. The van der Waals surface area contributed by atoms with Crippen molar-refractivity contribution in [1.29, 1.82) is 0 Å². The van der Waals surface area contributed by atoms with Crippen LogP contribution in [0.3, 0.4) is 0 Å². The summed E-state index contributed by atoms with van der Waals surface area (Å²) < 4.78 is 2.56. The highest BCUT2D eigenvalue weighted by Crippen LogP contribution is 2.57. The molecule has 0 fully saturated rings. The lowest BCUT2D eigenvalue weighted by Gasteiger charge is -2.34. The van der Waals surface area contributed by atoms with E-state index in [1.165, 1.54) is 214 Å². The molecule has 0 spiro atoms. The van der Waals surface area contributed by atoms with E-state index in [-0.39, 0.29) is 5.41 Å². The van der Waals surface area contributed by atoms with Gasteiger partial charge >= 0.3 is 0 Å². The minimum atomic E-state index is -0.184. The topological polar surface area (TPSA) is 8.17 Å². The Morgan fingerprint density at radius 3 is 1.10 bits per heavy atom. The van der Waals surface area contributed by atoms with Crippen LogP contribution in [-0.4, -0.2) is 4.57 Å². The van der Waals surface area contributed by atoms with Crippen molar-refractivity contribution < 1.29 is 0 Å². The van der Waals surface area contributed by atoms with Crippen molar-refractivity contribution in [3.05, 3.63) is 265 Å². The van der Waals surface area contributed by atoms with Crippen molar-refractivity contribution in [2.45, 2.75) is 162 Å². The SMILES string of the molecule is C=Cc1ccc(-c2ccc3c(c2)c2cc(-c4ccc(C=C)cc4)ccc2n3-c2ccc3c(c2)C(CCCCCC)(CCCCCC)c2cc(N(c4ccc(-c5ccc(CCCCCC)cc5)cc4)c4ccc(-c5ccc(CCCCCC)cc5)cc4)ccc2-3)cc1. The third-order valence-corrected chi connectivity index (χ3v) is 19.9. The molecule has 0 saturated heterocycles. The van der Waals surface area contributed by atoms with Crippen molar-refractivity contribution in [1.82, 2.24) is 4.57 Å². The van der Waals surface area contributed by atoms with Crippen LogP contribution in [0.1, 0.15) is 177 Å². The molecule has 91 heavy (non-hydrogen) atoms. The van der Waals surface area contributed by atoms with Gasteiger partial charge in [0.15, 0.2) is 0 Å². The Bertz CT molecular complexity index is 3990. The number of benzene rings is 10. The van der Waals surface area contributed by atoms with Gasteiger partial charge < -0.3 is 9.47 Å². The summed E-state index contributed by atoms with van der Waals surface area (Å²) in [5, 5.41) is 2.50. The molecular weight excluding hydrogens is 1100 g/mol. The van der Waals surface area contributed by atoms with Gasteiger partial charge in [-0.3, -0.25) is 0 Å². The smallest absolute Gasteiger partial charge is 0.0541 e. The van der Waals surface area contributed by atoms with Crippen molar-refractivity contribution in [2.24, 2.45) is 0 Å². The van der Waals surface area contributed by atoms with Crippen LogP contribution in [0.15, 0.2) is 232 Å². The molecule has 0 radical (unpaired) electrons. The number of aromatic nitrogens is 1. The predicted molar refractivity (Wildman–Crippen MR) is 397 cm³/mol. The number of anilines is 3. The third-order valence-electron chi connectivity index (χ3n) is 19.9. The van der Waals surface area contributed by atoms with Crippen molar-refractivity contribution >= 4 is 51.0 Å². The number of rotatable bonds is 30. The minimum Gasteiger partial charge on any atom is -0.310 e. The predicted octanol–water partition coefficient (Wildman–Crippen LogP) is 26.7. The molecule has 2 nitrogen and oxygen atoms in total. The van der Waals surface area contributed by atoms with Gasteiger partial charge in [0.25, 0.3) is 0 Å². The van der Waals surface area contributed by atoms with E-state index in [1.54, 1.807) is 0 Å². The van der Waals surface area contributed by atoms with Gasteiger partial charge in [0.1, 0.15) is 0 Å². The second-order valence-corrected chi connectivity index (χ2v) is 26.1. The molecule has 0 atom stereocenters. The van der Waals surface area contributed by atoms with E-state index in [9.17, 15) is 0 Å². The van der Waals surface area contributed by atoms with Gasteiger partial charge in [-0.15, -0.1) is 0 Å². The van der Waals surface area contributed by atoms with Gasteiger partial charge in [0, 0.05) is 38.9 Å². The third kappa shape index (κ3) is 13.7. The molecule has 0 unspecified atom stereocenters. The number of nitrogens with zero attached hydrogens (tertiary/aromatic N) is 2. The lowest BCUT2D eigenvalue weighted by Crippen LogP contribution is -2.26. The van der Waals surface area contributed by atoms with Gasteiger partial charge in [0.2, 0.25) is 0 Å². The summed E-state index contributed by atoms with van der Waals surface area (Å²) >= 11 is 0. The molecule has 0 N–H and O–H groups in total. The van der Waals surface area contributed by atoms with E-state index in [1.807, 2.05) is 12.2 Å².